The predicted molar refractivity (Wildman–Crippen MR) is 181 cm³/mol. The van der Waals surface area contributed by atoms with Gasteiger partial charge in [0.25, 0.3) is 0 Å². The Balaban J connectivity index is 1.51. The summed E-state index contributed by atoms with van der Waals surface area (Å²) in [7, 11) is 0. The van der Waals surface area contributed by atoms with E-state index < -0.39 is 5.41 Å². The molecule has 0 N–H and O–H groups in total. The molecule has 1 unspecified atom stereocenters. The summed E-state index contributed by atoms with van der Waals surface area (Å²) in [5.74, 6) is 0. The van der Waals surface area contributed by atoms with Crippen molar-refractivity contribution in [3.8, 4) is 22.3 Å². The number of benzene rings is 7. The molecule has 2 aliphatic rings. The van der Waals surface area contributed by atoms with Crippen molar-refractivity contribution in [1.82, 2.24) is 0 Å². The molecule has 0 amide bonds. The topological polar surface area (TPSA) is 0 Å². The Morgan fingerprint density at radius 2 is 1.12 bits per heavy atom. The Bertz CT molecular complexity index is 2270. The van der Waals surface area contributed by atoms with Gasteiger partial charge in [-0.15, -0.1) is 0 Å². The van der Waals surface area contributed by atoms with Crippen LogP contribution in [0, 0.1) is 0 Å². The Hall–Kier alpha value is -4.65. The first kappa shape index (κ1) is 24.9. The number of halogens is 1. The lowest BCUT2D eigenvalue weighted by Crippen LogP contribution is -2.29. The highest BCUT2D eigenvalue weighted by molar-refractivity contribution is 6.32. The zero-order valence-electron chi connectivity index (χ0n) is 24.2. The molecule has 0 radical (unpaired) electrons. The Morgan fingerprint density at radius 1 is 0.465 bits per heavy atom. The number of hydrogen-bond acceptors (Lipinski definition) is 0. The van der Waals surface area contributed by atoms with Crippen LogP contribution in [0.25, 0.3) is 43.8 Å². The van der Waals surface area contributed by atoms with E-state index >= 15 is 0 Å². The zero-order chi connectivity index (χ0) is 28.9. The molecule has 0 spiro atoms. The highest BCUT2D eigenvalue weighted by Gasteiger charge is 2.49. The van der Waals surface area contributed by atoms with Crippen molar-refractivity contribution in [2.24, 2.45) is 0 Å². The molecular formula is C42H29Cl. The third-order valence-corrected chi connectivity index (χ3v) is 10.5. The van der Waals surface area contributed by atoms with Crippen LogP contribution in [0.15, 0.2) is 140 Å². The number of rotatable bonds is 2. The fourth-order valence-electron chi connectivity index (χ4n) is 8.42. The Kier molecular flexibility index (Phi) is 5.03. The number of hydrogen-bond donors (Lipinski definition) is 0. The van der Waals surface area contributed by atoms with Crippen LogP contribution in [-0.2, 0) is 10.8 Å². The lowest BCUT2D eigenvalue weighted by molar-refractivity contribution is 0.659. The van der Waals surface area contributed by atoms with E-state index in [-0.39, 0.29) is 5.41 Å². The van der Waals surface area contributed by atoms with Crippen molar-refractivity contribution in [3.05, 3.63) is 178 Å². The van der Waals surface area contributed by atoms with Crippen LogP contribution in [0.1, 0.15) is 47.2 Å². The molecule has 7 aromatic rings. The van der Waals surface area contributed by atoms with Gasteiger partial charge in [0.1, 0.15) is 0 Å². The van der Waals surface area contributed by atoms with E-state index in [0.29, 0.717) is 0 Å². The van der Waals surface area contributed by atoms with E-state index in [0.717, 1.165) is 5.02 Å². The van der Waals surface area contributed by atoms with Gasteiger partial charge in [-0.05, 0) is 89.3 Å². The van der Waals surface area contributed by atoms with E-state index in [1.54, 1.807) is 0 Å². The standard InChI is InChI=1S/C42H29Cl/c1-41(2)35-19-11-10-18-32(35)34-24-29(25-37(43)40(34)41)42(28-14-4-3-5-15-28)36-23-21-26-12-6-8-16-30(26)38(36)33-22-20-27-13-7-9-17-31(27)39(33)42/h3-25H,1-2H3. The molecule has 0 saturated carbocycles. The van der Waals surface area contributed by atoms with Gasteiger partial charge in [-0.25, -0.2) is 0 Å². The summed E-state index contributed by atoms with van der Waals surface area (Å²) in [5.41, 5.74) is 12.1. The fourth-order valence-corrected chi connectivity index (χ4v) is 8.87. The minimum absolute atomic E-state index is 0.171. The Labute approximate surface area is 257 Å². The molecule has 1 heteroatoms. The fraction of sp³-hybridized carbons (Fsp3) is 0.0952. The molecule has 0 fully saturated rings. The van der Waals surface area contributed by atoms with Crippen molar-refractivity contribution in [3.63, 3.8) is 0 Å². The second kappa shape index (κ2) is 8.69. The van der Waals surface area contributed by atoms with Gasteiger partial charge in [0, 0.05) is 10.4 Å². The first-order valence-electron chi connectivity index (χ1n) is 15.1. The highest BCUT2D eigenvalue weighted by Crippen LogP contribution is 2.61. The SMILES string of the molecule is CC1(C)c2ccccc2-c2cc(C3(c4ccccc4)c4ccc5ccccc5c4-c4ccc5ccccc5c43)cc(Cl)c21. The third-order valence-electron chi connectivity index (χ3n) is 10.2. The first-order chi connectivity index (χ1) is 21.0. The average molecular weight is 569 g/mol. The van der Waals surface area contributed by atoms with Gasteiger partial charge in [-0.3, -0.25) is 0 Å². The summed E-state index contributed by atoms with van der Waals surface area (Å²) in [5, 5.41) is 5.90. The van der Waals surface area contributed by atoms with Crippen LogP contribution in [-0.4, -0.2) is 0 Å². The summed E-state index contributed by atoms with van der Waals surface area (Å²) in [6.45, 7) is 4.60. The molecule has 0 bridgehead atoms. The van der Waals surface area contributed by atoms with Crippen LogP contribution in [0.3, 0.4) is 0 Å². The molecule has 0 aliphatic heterocycles. The molecule has 0 heterocycles. The smallest absolute Gasteiger partial charge is 0.0720 e. The van der Waals surface area contributed by atoms with E-state index in [1.165, 1.54) is 77.2 Å². The van der Waals surface area contributed by atoms with E-state index in [2.05, 4.69) is 153 Å². The maximum absolute atomic E-state index is 7.44. The molecular weight excluding hydrogens is 540 g/mol. The number of fused-ring (bicyclic) bond motifs is 10. The minimum atomic E-state index is -0.558. The van der Waals surface area contributed by atoms with Gasteiger partial charge in [0.2, 0.25) is 0 Å². The van der Waals surface area contributed by atoms with Crippen LogP contribution < -0.4 is 0 Å². The van der Waals surface area contributed by atoms with E-state index in [9.17, 15) is 0 Å². The molecule has 0 saturated heterocycles. The molecule has 0 aromatic heterocycles. The second-order valence-electron chi connectivity index (χ2n) is 12.6. The van der Waals surface area contributed by atoms with Gasteiger partial charge in [0.05, 0.1) is 5.41 Å². The molecule has 9 rings (SSSR count). The van der Waals surface area contributed by atoms with Crippen molar-refractivity contribution in [2.75, 3.05) is 0 Å². The average Bonchev–Trinajstić information content (AvgIpc) is 3.49. The largest absolute Gasteiger partial charge is 0.0840 e. The summed E-state index contributed by atoms with van der Waals surface area (Å²) in [6.07, 6.45) is 0. The second-order valence-corrected chi connectivity index (χ2v) is 13.0. The molecule has 204 valence electrons. The first-order valence-corrected chi connectivity index (χ1v) is 15.4. The summed E-state index contributed by atoms with van der Waals surface area (Å²) >= 11 is 7.44. The normalized spacial score (nSPS) is 17.5. The molecule has 2 aliphatic carbocycles. The molecule has 7 aromatic carbocycles. The highest BCUT2D eigenvalue weighted by atomic mass is 35.5. The summed E-state index contributed by atoms with van der Waals surface area (Å²) in [6, 6.07) is 51.6. The molecule has 43 heavy (non-hydrogen) atoms. The van der Waals surface area contributed by atoms with Crippen LogP contribution >= 0.6 is 11.6 Å². The zero-order valence-corrected chi connectivity index (χ0v) is 24.9. The van der Waals surface area contributed by atoms with Gasteiger partial charge in [0.15, 0.2) is 0 Å². The van der Waals surface area contributed by atoms with Gasteiger partial charge < -0.3 is 0 Å². The quantitative estimate of drug-likeness (QED) is 0.194. The molecule has 0 nitrogen and oxygen atoms in total. The van der Waals surface area contributed by atoms with Gasteiger partial charge in [-0.2, -0.15) is 0 Å². The lowest BCUT2D eigenvalue weighted by atomic mass is 9.66. The monoisotopic (exact) mass is 568 g/mol. The van der Waals surface area contributed by atoms with Crippen molar-refractivity contribution in [1.29, 1.82) is 0 Å². The molecule has 1 atom stereocenters. The minimum Gasteiger partial charge on any atom is -0.0840 e. The van der Waals surface area contributed by atoms with Crippen molar-refractivity contribution in [2.45, 2.75) is 24.7 Å². The van der Waals surface area contributed by atoms with Crippen LogP contribution in [0.5, 0.6) is 0 Å². The van der Waals surface area contributed by atoms with Crippen LogP contribution in [0.4, 0.5) is 0 Å². The van der Waals surface area contributed by atoms with E-state index in [1.807, 2.05) is 0 Å². The van der Waals surface area contributed by atoms with E-state index in [4.69, 9.17) is 11.6 Å². The maximum Gasteiger partial charge on any atom is 0.0720 e. The van der Waals surface area contributed by atoms with Crippen molar-refractivity contribution < 1.29 is 0 Å². The Morgan fingerprint density at radius 3 is 1.93 bits per heavy atom. The predicted octanol–water partition coefficient (Wildman–Crippen LogP) is 11.3. The van der Waals surface area contributed by atoms with Crippen molar-refractivity contribution >= 4 is 33.1 Å². The summed E-state index contributed by atoms with van der Waals surface area (Å²) < 4.78 is 0. The summed E-state index contributed by atoms with van der Waals surface area (Å²) in [4.78, 5) is 0. The van der Waals surface area contributed by atoms with Crippen LogP contribution in [0.2, 0.25) is 5.02 Å². The maximum atomic E-state index is 7.44. The third kappa shape index (κ3) is 3.12. The van der Waals surface area contributed by atoms with Gasteiger partial charge in [-0.1, -0.05) is 153 Å². The lowest BCUT2D eigenvalue weighted by Gasteiger charge is -2.35. The van der Waals surface area contributed by atoms with Gasteiger partial charge >= 0.3 is 0 Å².